The molecule has 0 spiro atoms. The summed E-state index contributed by atoms with van der Waals surface area (Å²) in [7, 11) is -2.24. The van der Waals surface area contributed by atoms with Gasteiger partial charge in [-0.25, -0.2) is 0 Å². The highest BCUT2D eigenvalue weighted by atomic mass is 28.4. The van der Waals surface area contributed by atoms with Gasteiger partial charge in [0.25, 0.3) is 0 Å². The van der Waals surface area contributed by atoms with Gasteiger partial charge < -0.3 is 4.80 Å². The second-order valence-electron chi connectivity index (χ2n) is 7.25. The highest BCUT2D eigenvalue weighted by Crippen LogP contribution is 2.39. The molecule has 0 aromatic heterocycles. The Morgan fingerprint density at radius 2 is 1.86 bits per heavy atom. The molecule has 1 aromatic carbocycles. The molecule has 21 heavy (non-hydrogen) atoms. The highest BCUT2D eigenvalue weighted by molar-refractivity contribution is 6.72. The molecule has 2 nitrogen and oxygen atoms in total. The van der Waals surface area contributed by atoms with Gasteiger partial charge in [0, 0.05) is 5.56 Å². The van der Waals surface area contributed by atoms with Gasteiger partial charge in [-0.15, -0.1) is 0 Å². The largest absolute Gasteiger partial charge is 0.432 e. The zero-order valence-corrected chi connectivity index (χ0v) is 15.2. The average Bonchev–Trinajstić information content (AvgIpc) is 2.35. The fraction of sp³-hybridized carbons (Fsp3) is 0.500. The topological polar surface area (TPSA) is 37.3 Å². The van der Waals surface area contributed by atoms with E-state index >= 15 is 0 Å². The summed E-state index contributed by atoms with van der Waals surface area (Å²) >= 11 is 0. The Morgan fingerprint density at radius 3 is 2.33 bits per heavy atom. The van der Waals surface area contributed by atoms with Crippen LogP contribution in [0.5, 0.6) is 0 Å². The van der Waals surface area contributed by atoms with Crippen molar-refractivity contribution in [3.63, 3.8) is 0 Å². The first kappa shape index (κ1) is 17.9. The van der Waals surface area contributed by atoms with Gasteiger partial charge in [0.15, 0.2) is 8.32 Å². The van der Waals surface area contributed by atoms with E-state index < -0.39 is 8.32 Å². The monoisotopic (exact) mass is 304 g/mol. The molecule has 0 saturated heterocycles. The second-order valence-corrected chi connectivity index (χ2v) is 11.7. The van der Waals surface area contributed by atoms with Crippen LogP contribution in [0.15, 0.2) is 29.8 Å². The van der Waals surface area contributed by atoms with E-state index in [4.69, 9.17) is 0 Å². The Morgan fingerprint density at radius 1 is 1.24 bits per heavy atom. The lowest BCUT2D eigenvalue weighted by molar-refractivity contribution is 0.112. The smallest absolute Gasteiger partial charge is 0.188 e. The van der Waals surface area contributed by atoms with E-state index in [0.29, 0.717) is 5.56 Å². The van der Waals surface area contributed by atoms with E-state index in [1.54, 1.807) is 0 Å². The first-order valence-electron chi connectivity index (χ1n) is 7.49. The summed E-state index contributed by atoms with van der Waals surface area (Å²) in [5, 5.41) is -0.102. The van der Waals surface area contributed by atoms with Crippen molar-refractivity contribution in [1.82, 2.24) is 0 Å². The Hall–Kier alpha value is -1.19. The average molecular weight is 305 g/mol. The van der Waals surface area contributed by atoms with Crippen molar-refractivity contribution < 1.29 is 9.59 Å². The van der Waals surface area contributed by atoms with Crippen LogP contribution >= 0.6 is 0 Å². The number of hydrogen-bond donors (Lipinski definition) is 1. The molecule has 0 heterocycles. The van der Waals surface area contributed by atoms with Crippen molar-refractivity contribution in [3.05, 3.63) is 46.5 Å². The first-order chi connectivity index (χ1) is 9.56. The molecule has 0 fully saturated rings. The fourth-order valence-corrected chi connectivity index (χ4v) is 2.71. The van der Waals surface area contributed by atoms with Crippen molar-refractivity contribution in [2.24, 2.45) is 0 Å². The summed E-state index contributed by atoms with van der Waals surface area (Å²) in [4.78, 5) is 21.5. The van der Waals surface area contributed by atoms with Gasteiger partial charge in [-0.2, -0.15) is 0 Å². The number of rotatable bonds is 6. The molecule has 0 atom stereocenters. The molecule has 0 aliphatic heterocycles. The van der Waals surface area contributed by atoms with Crippen molar-refractivity contribution in [2.75, 3.05) is 0 Å². The van der Waals surface area contributed by atoms with Crippen LogP contribution in [-0.2, 0) is 12.8 Å². The maximum absolute atomic E-state index is 11.0. The van der Waals surface area contributed by atoms with E-state index in [-0.39, 0.29) is 5.04 Å². The van der Waals surface area contributed by atoms with E-state index in [1.807, 2.05) is 31.3 Å². The molecule has 0 aliphatic rings. The van der Waals surface area contributed by atoms with E-state index in [1.165, 1.54) is 16.7 Å². The molecule has 0 aliphatic carbocycles. The van der Waals surface area contributed by atoms with Gasteiger partial charge in [0.2, 0.25) is 0 Å². The van der Waals surface area contributed by atoms with Crippen LogP contribution in [0, 0.1) is 0 Å². The maximum atomic E-state index is 11.0. The molecule has 0 amide bonds. The van der Waals surface area contributed by atoms with E-state index in [0.717, 1.165) is 19.1 Å². The molecule has 1 N–H and O–H groups in total. The van der Waals surface area contributed by atoms with Gasteiger partial charge in [-0.3, -0.25) is 4.79 Å². The molecule has 116 valence electrons. The summed E-state index contributed by atoms with van der Waals surface area (Å²) in [5.74, 6) is 0. The lowest BCUT2D eigenvalue weighted by atomic mass is 9.93. The number of aldehydes is 1. The quantitative estimate of drug-likeness (QED) is 0.476. The molecular weight excluding hydrogens is 276 g/mol. The van der Waals surface area contributed by atoms with Gasteiger partial charge in [0.05, 0.1) is 0 Å². The highest BCUT2D eigenvalue weighted by Gasteiger charge is 2.38. The summed E-state index contributed by atoms with van der Waals surface area (Å²) in [5.41, 5.74) is 4.41. The summed E-state index contributed by atoms with van der Waals surface area (Å²) < 4.78 is 0. The Balaban J connectivity index is 3.17. The van der Waals surface area contributed by atoms with Crippen LogP contribution in [0.1, 0.15) is 49.2 Å². The molecule has 0 saturated carbocycles. The van der Waals surface area contributed by atoms with Gasteiger partial charge in [0.1, 0.15) is 6.29 Å². The van der Waals surface area contributed by atoms with E-state index in [2.05, 4.69) is 33.8 Å². The fourth-order valence-electron chi connectivity index (χ4n) is 2.09. The number of benzene rings is 1. The third kappa shape index (κ3) is 4.94. The van der Waals surface area contributed by atoms with Crippen LogP contribution in [0.25, 0.3) is 0 Å². The van der Waals surface area contributed by atoms with Crippen LogP contribution in [-0.4, -0.2) is 19.4 Å². The minimum atomic E-state index is -2.24. The summed E-state index contributed by atoms with van der Waals surface area (Å²) in [6.07, 6.45) is 4.75. The molecule has 0 radical (unpaired) electrons. The number of carbonyl (C=O) groups excluding carboxylic acids is 1. The van der Waals surface area contributed by atoms with Crippen molar-refractivity contribution >= 4 is 14.6 Å². The number of carbonyl (C=O) groups is 1. The number of hydrogen-bond acceptors (Lipinski definition) is 2. The van der Waals surface area contributed by atoms with Crippen LogP contribution in [0.3, 0.4) is 0 Å². The normalized spacial score (nSPS) is 12.1. The summed E-state index contributed by atoms with van der Waals surface area (Å²) in [6, 6.07) is 5.89. The SMILES string of the molecule is CC(C)=CCc1cc(C=O)ccc1CC(C)(C)[Si](C)(C)O. The van der Waals surface area contributed by atoms with Crippen molar-refractivity contribution in [2.45, 2.75) is 58.7 Å². The molecule has 1 rings (SSSR count). The minimum absolute atomic E-state index is 0.102. The van der Waals surface area contributed by atoms with Gasteiger partial charge in [-0.05, 0) is 62.0 Å². The molecule has 1 aromatic rings. The first-order valence-corrected chi connectivity index (χ1v) is 10.4. The minimum Gasteiger partial charge on any atom is -0.432 e. The molecule has 0 unspecified atom stereocenters. The molecular formula is C18H28O2Si. The lowest BCUT2D eigenvalue weighted by Gasteiger charge is -2.35. The van der Waals surface area contributed by atoms with Crippen LogP contribution < -0.4 is 0 Å². The standard InChI is InChI=1S/C18H28O2Si/c1-14(2)7-9-16-11-15(13-19)8-10-17(16)12-18(3,4)21(5,6)20/h7-8,10-11,13,20H,9,12H2,1-6H3. The Kier molecular flexibility index (Phi) is 5.71. The predicted molar refractivity (Wildman–Crippen MR) is 92.4 cm³/mol. The van der Waals surface area contributed by atoms with E-state index in [9.17, 15) is 9.59 Å². The summed E-state index contributed by atoms with van der Waals surface area (Å²) in [6.45, 7) is 12.4. The molecule has 0 bridgehead atoms. The zero-order chi connectivity index (χ0) is 16.3. The van der Waals surface area contributed by atoms with Gasteiger partial charge >= 0.3 is 0 Å². The number of allylic oxidation sites excluding steroid dienone is 2. The third-order valence-corrected chi connectivity index (χ3v) is 7.87. The van der Waals surface area contributed by atoms with Crippen LogP contribution in [0.4, 0.5) is 0 Å². The zero-order valence-electron chi connectivity index (χ0n) is 14.2. The predicted octanol–water partition coefficient (Wildman–Crippen LogP) is 4.53. The van der Waals surface area contributed by atoms with Crippen LogP contribution in [0.2, 0.25) is 18.1 Å². The molecule has 3 heteroatoms. The Labute approximate surface area is 130 Å². The Bertz CT molecular complexity index is 533. The maximum Gasteiger partial charge on any atom is 0.188 e. The van der Waals surface area contributed by atoms with Crippen molar-refractivity contribution in [3.8, 4) is 0 Å². The van der Waals surface area contributed by atoms with Gasteiger partial charge in [-0.1, -0.05) is 37.6 Å². The lowest BCUT2D eigenvalue weighted by Crippen LogP contribution is -2.40. The van der Waals surface area contributed by atoms with Crippen molar-refractivity contribution in [1.29, 1.82) is 0 Å². The third-order valence-electron chi connectivity index (χ3n) is 4.39. The second kappa shape index (κ2) is 6.71.